The van der Waals surface area contributed by atoms with Crippen molar-refractivity contribution in [2.45, 2.75) is 40.2 Å². The summed E-state index contributed by atoms with van der Waals surface area (Å²) in [6.07, 6.45) is 2.94. The summed E-state index contributed by atoms with van der Waals surface area (Å²) >= 11 is 0. The van der Waals surface area contributed by atoms with Crippen molar-refractivity contribution in [3.63, 3.8) is 0 Å². The topological polar surface area (TPSA) is 178 Å². The van der Waals surface area contributed by atoms with Crippen molar-refractivity contribution >= 4 is 72.4 Å². The summed E-state index contributed by atoms with van der Waals surface area (Å²) in [4.78, 5) is 53.8. The lowest BCUT2D eigenvalue weighted by atomic mass is 9.96. The molecule has 10 aromatic rings. The number of benzene rings is 5. The molecule has 0 spiro atoms. The molecule has 0 bridgehead atoms. The van der Waals surface area contributed by atoms with E-state index in [-0.39, 0.29) is 18.5 Å². The van der Waals surface area contributed by atoms with Crippen LogP contribution in [0.2, 0.25) is 0 Å². The average molecular weight is 856 g/mol. The van der Waals surface area contributed by atoms with Crippen molar-refractivity contribution in [2.75, 3.05) is 19.8 Å². The summed E-state index contributed by atoms with van der Waals surface area (Å²) in [7, 11) is 0. The molecule has 10 rings (SSSR count). The van der Waals surface area contributed by atoms with Crippen LogP contribution in [0.5, 0.6) is 0 Å². The minimum Gasteiger partial charge on any atom is -0.461 e. The molecule has 0 unspecified atom stereocenters. The standard InChI is InChI=1S/C32H29N3O4.C12H13NO3.C8H7N/c1-3-38-31(36)29-23(20-12-6-9-15-26(20)34-29)17-22-19-11-5-8-14-25(19)33-28(22)18-24-21-13-7-10-16-27(21)35-30(24)32(37)39-4-2;1-2-16-12(15)11-9(7-14)8-5-3-4-6-10(8)13-11;1-2-4-8-7(3-1)5-6-9-8/h5-16,33-35H,3-4,17-18H2,1-2H3;3-6,13-14H,2,7H2,1H3;1-6,9H. The Labute approximate surface area is 368 Å². The lowest BCUT2D eigenvalue weighted by Crippen LogP contribution is -2.10. The zero-order chi connectivity index (χ0) is 44.6. The first-order chi connectivity index (χ1) is 31.3. The molecule has 324 valence electrons. The molecule has 0 saturated heterocycles. The number of ether oxygens (including phenoxy) is 3. The number of fused-ring (bicyclic) bond motifs is 5. The third-order valence-corrected chi connectivity index (χ3v) is 11.1. The molecular formula is C52H49N5O7. The molecule has 0 aliphatic rings. The monoisotopic (exact) mass is 855 g/mol. The molecule has 0 fully saturated rings. The van der Waals surface area contributed by atoms with E-state index in [2.05, 4.69) is 49.2 Å². The van der Waals surface area contributed by atoms with E-state index >= 15 is 0 Å². The van der Waals surface area contributed by atoms with Gasteiger partial charge in [0.05, 0.1) is 26.4 Å². The fourth-order valence-electron chi connectivity index (χ4n) is 8.22. The summed E-state index contributed by atoms with van der Waals surface area (Å²) in [5.74, 6) is -1.17. The first-order valence-electron chi connectivity index (χ1n) is 21.3. The van der Waals surface area contributed by atoms with E-state index in [1.165, 1.54) is 10.9 Å². The molecule has 0 aliphatic carbocycles. The second kappa shape index (κ2) is 19.5. The number of H-pyrrole nitrogens is 5. The molecule has 12 nitrogen and oxygen atoms in total. The number of carbonyl (C=O) groups excluding carboxylic acids is 3. The van der Waals surface area contributed by atoms with Crippen molar-refractivity contribution in [1.82, 2.24) is 24.9 Å². The van der Waals surface area contributed by atoms with Crippen LogP contribution in [-0.2, 0) is 33.7 Å². The predicted molar refractivity (Wildman–Crippen MR) is 251 cm³/mol. The smallest absolute Gasteiger partial charge is 0.355 e. The van der Waals surface area contributed by atoms with Gasteiger partial charge in [0, 0.05) is 79.4 Å². The van der Waals surface area contributed by atoms with Gasteiger partial charge in [0.2, 0.25) is 0 Å². The van der Waals surface area contributed by atoms with Gasteiger partial charge in [-0.1, -0.05) is 91.0 Å². The van der Waals surface area contributed by atoms with Crippen molar-refractivity contribution < 1.29 is 33.7 Å². The van der Waals surface area contributed by atoms with E-state index < -0.39 is 5.97 Å². The number of nitrogens with one attached hydrogen (secondary N) is 5. The number of para-hydroxylation sites is 5. The van der Waals surface area contributed by atoms with Gasteiger partial charge in [0.15, 0.2) is 0 Å². The van der Waals surface area contributed by atoms with Crippen LogP contribution in [0.4, 0.5) is 0 Å². The van der Waals surface area contributed by atoms with Crippen molar-refractivity contribution in [3.05, 3.63) is 179 Å². The fourth-order valence-corrected chi connectivity index (χ4v) is 8.22. The van der Waals surface area contributed by atoms with Crippen LogP contribution in [0.15, 0.2) is 134 Å². The van der Waals surface area contributed by atoms with E-state index in [1.54, 1.807) is 20.8 Å². The van der Waals surface area contributed by atoms with E-state index in [0.29, 0.717) is 55.3 Å². The van der Waals surface area contributed by atoms with Gasteiger partial charge in [-0.25, -0.2) is 14.4 Å². The Bertz CT molecular complexity index is 3210. The minimum atomic E-state index is -0.428. The van der Waals surface area contributed by atoms with Gasteiger partial charge in [-0.2, -0.15) is 0 Å². The van der Waals surface area contributed by atoms with Gasteiger partial charge < -0.3 is 44.2 Å². The highest BCUT2D eigenvalue weighted by atomic mass is 16.5. The maximum Gasteiger partial charge on any atom is 0.355 e. The molecule has 0 amide bonds. The Morgan fingerprint density at radius 3 is 1.27 bits per heavy atom. The number of aromatic nitrogens is 5. The second-order valence-electron chi connectivity index (χ2n) is 14.9. The van der Waals surface area contributed by atoms with Crippen LogP contribution in [0, 0.1) is 0 Å². The summed E-state index contributed by atoms with van der Waals surface area (Å²) in [6, 6.07) is 41.7. The minimum absolute atomic E-state index is 0.182. The molecule has 12 heteroatoms. The summed E-state index contributed by atoms with van der Waals surface area (Å²) in [5.41, 5.74) is 10.5. The highest BCUT2D eigenvalue weighted by Crippen LogP contribution is 2.34. The van der Waals surface area contributed by atoms with Crippen molar-refractivity contribution in [2.24, 2.45) is 0 Å². The Morgan fingerprint density at radius 2 is 0.812 bits per heavy atom. The van der Waals surface area contributed by atoms with Gasteiger partial charge in [0.1, 0.15) is 17.1 Å². The number of aliphatic hydroxyl groups is 1. The largest absolute Gasteiger partial charge is 0.461 e. The molecule has 0 atom stereocenters. The number of hydrogen-bond acceptors (Lipinski definition) is 7. The average Bonchev–Trinajstić information content (AvgIpc) is 4.16. The van der Waals surface area contributed by atoms with Gasteiger partial charge in [-0.05, 0) is 79.2 Å². The van der Waals surface area contributed by atoms with Gasteiger partial charge in [0.25, 0.3) is 0 Å². The molecule has 5 heterocycles. The third kappa shape index (κ3) is 8.77. The van der Waals surface area contributed by atoms with Crippen LogP contribution in [0.1, 0.15) is 80.2 Å². The van der Waals surface area contributed by atoms with Crippen LogP contribution < -0.4 is 0 Å². The number of aromatic amines is 5. The number of aliphatic hydroxyl groups excluding tert-OH is 1. The summed E-state index contributed by atoms with van der Waals surface area (Å²) < 4.78 is 15.7. The number of rotatable bonds is 11. The summed E-state index contributed by atoms with van der Waals surface area (Å²) in [5, 5.41) is 14.5. The summed E-state index contributed by atoms with van der Waals surface area (Å²) in [6.45, 7) is 6.08. The van der Waals surface area contributed by atoms with E-state index in [4.69, 9.17) is 14.2 Å². The Kier molecular flexibility index (Phi) is 13.0. The van der Waals surface area contributed by atoms with Crippen LogP contribution in [0.25, 0.3) is 54.5 Å². The number of carbonyl (C=O) groups is 3. The van der Waals surface area contributed by atoms with Gasteiger partial charge in [-0.3, -0.25) is 0 Å². The first kappa shape index (κ1) is 42.8. The first-order valence-corrected chi connectivity index (χ1v) is 21.3. The van der Waals surface area contributed by atoms with Crippen molar-refractivity contribution in [1.29, 1.82) is 0 Å². The quantitative estimate of drug-likeness (QED) is 0.0554. The zero-order valence-corrected chi connectivity index (χ0v) is 35.8. The lowest BCUT2D eigenvalue weighted by Gasteiger charge is -2.09. The second-order valence-corrected chi connectivity index (χ2v) is 14.9. The van der Waals surface area contributed by atoms with Gasteiger partial charge in [-0.15, -0.1) is 0 Å². The Morgan fingerprint density at radius 1 is 0.438 bits per heavy atom. The molecule has 5 aromatic carbocycles. The Balaban J connectivity index is 0.000000181. The molecule has 64 heavy (non-hydrogen) atoms. The van der Waals surface area contributed by atoms with E-state index in [0.717, 1.165) is 66.0 Å². The van der Waals surface area contributed by atoms with Crippen molar-refractivity contribution in [3.8, 4) is 0 Å². The number of hydrogen-bond donors (Lipinski definition) is 6. The van der Waals surface area contributed by atoms with E-state index in [9.17, 15) is 19.5 Å². The van der Waals surface area contributed by atoms with Crippen LogP contribution >= 0.6 is 0 Å². The molecule has 0 radical (unpaired) electrons. The molecule has 6 N–H and O–H groups in total. The lowest BCUT2D eigenvalue weighted by molar-refractivity contribution is 0.0508. The Hall–Kier alpha value is -7.83. The molecule has 0 aliphatic heterocycles. The maximum atomic E-state index is 13.0. The molecular weight excluding hydrogens is 807 g/mol. The molecule has 5 aromatic heterocycles. The molecule has 0 saturated carbocycles. The maximum absolute atomic E-state index is 13.0. The predicted octanol–water partition coefficient (Wildman–Crippen LogP) is 10.7. The normalized spacial score (nSPS) is 11.1. The zero-order valence-electron chi connectivity index (χ0n) is 35.8. The van der Waals surface area contributed by atoms with Crippen LogP contribution in [0.3, 0.4) is 0 Å². The fraction of sp³-hybridized carbons (Fsp3) is 0.173. The highest BCUT2D eigenvalue weighted by Gasteiger charge is 2.25. The third-order valence-electron chi connectivity index (χ3n) is 11.1. The van der Waals surface area contributed by atoms with Gasteiger partial charge >= 0.3 is 17.9 Å². The SMILES string of the molecule is CCOC(=O)c1[nH]c2ccccc2c1CO.CCOC(=O)c1[nH]c2ccccc2c1Cc1[nH]c2ccccc2c1Cc1c(C(=O)OCC)[nH]c2ccccc12.c1ccc2[nH]ccc2c1. The highest BCUT2D eigenvalue weighted by molar-refractivity contribution is 6.01. The number of esters is 3. The van der Waals surface area contributed by atoms with E-state index in [1.807, 2.05) is 109 Å². The van der Waals surface area contributed by atoms with Crippen LogP contribution in [-0.4, -0.2) is 67.8 Å².